The second kappa shape index (κ2) is 5.28. The maximum absolute atomic E-state index is 12.5. The van der Waals surface area contributed by atoms with Crippen molar-refractivity contribution in [3.63, 3.8) is 0 Å². The van der Waals surface area contributed by atoms with Crippen LogP contribution in [0.3, 0.4) is 0 Å². The summed E-state index contributed by atoms with van der Waals surface area (Å²) >= 11 is 5.74. The summed E-state index contributed by atoms with van der Waals surface area (Å²) in [5.74, 6) is 0.0835. The predicted octanol–water partition coefficient (Wildman–Crippen LogP) is 3.61. The smallest absolute Gasteiger partial charge is 0.305 e. The van der Waals surface area contributed by atoms with Gasteiger partial charge in [0.2, 0.25) is 0 Å². The Balaban J connectivity index is 1.81. The van der Waals surface area contributed by atoms with E-state index in [9.17, 15) is 18.0 Å². The number of carbonyl (C=O) groups is 1. The Morgan fingerprint density at radius 3 is 2.68 bits per heavy atom. The lowest BCUT2D eigenvalue weighted by atomic mass is 10.2. The molecule has 0 spiro atoms. The number of alkyl halides is 3. The summed E-state index contributed by atoms with van der Waals surface area (Å²) in [5, 5.41) is 8.69. The molecule has 3 rings (SSSR count). The van der Waals surface area contributed by atoms with Gasteiger partial charge in [-0.15, -0.1) is 0 Å². The van der Waals surface area contributed by atoms with Crippen molar-refractivity contribution in [2.75, 3.05) is 5.32 Å². The van der Waals surface area contributed by atoms with Gasteiger partial charge in [0.05, 0.1) is 16.8 Å². The van der Waals surface area contributed by atoms with Crippen molar-refractivity contribution in [1.82, 2.24) is 15.2 Å². The van der Waals surface area contributed by atoms with Crippen molar-refractivity contribution < 1.29 is 18.0 Å². The SMILES string of the molecule is O=C(Nc1[nH]ncc1C1CC1)c1ncc(C(F)(F)F)cc1Cl. The normalized spacial score (nSPS) is 14.9. The molecule has 0 bridgehead atoms. The van der Waals surface area contributed by atoms with E-state index in [4.69, 9.17) is 11.6 Å². The zero-order valence-corrected chi connectivity index (χ0v) is 11.8. The number of hydrogen-bond acceptors (Lipinski definition) is 3. The molecular formula is C13H10ClF3N4O. The van der Waals surface area contributed by atoms with Crippen molar-refractivity contribution in [2.45, 2.75) is 24.9 Å². The Morgan fingerprint density at radius 2 is 2.09 bits per heavy atom. The largest absolute Gasteiger partial charge is 0.417 e. The molecule has 2 aromatic rings. The third-order valence-electron chi connectivity index (χ3n) is 3.31. The molecule has 0 saturated heterocycles. The number of halogens is 4. The van der Waals surface area contributed by atoms with E-state index in [1.807, 2.05) is 0 Å². The molecule has 2 heterocycles. The van der Waals surface area contributed by atoms with Crippen LogP contribution in [0, 0.1) is 0 Å². The lowest BCUT2D eigenvalue weighted by molar-refractivity contribution is -0.137. The summed E-state index contributed by atoms with van der Waals surface area (Å²) in [5.41, 5.74) is -0.406. The van der Waals surface area contributed by atoms with Crippen LogP contribution < -0.4 is 5.32 Å². The van der Waals surface area contributed by atoms with Gasteiger partial charge in [-0.3, -0.25) is 9.89 Å². The summed E-state index contributed by atoms with van der Waals surface area (Å²) in [6.45, 7) is 0. The van der Waals surface area contributed by atoms with E-state index in [2.05, 4.69) is 20.5 Å². The Kier molecular flexibility index (Phi) is 3.56. The average molecular weight is 331 g/mol. The summed E-state index contributed by atoms with van der Waals surface area (Å²) in [6.07, 6.45) is -0.331. The first-order chi connectivity index (χ1) is 10.4. The molecule has 1 aliphatic carbocycles. The van der Waals surface area contributed by atoms with Gasteiger partial charge >= 0.3 is 6.18 Å². The van der Waals surface area contributed by atoms with Crippen LogP contribution in [0.15, 0.2) is 18.5 Å². The van der Waals surface area contributed by atoms with Crippen LogP contribution >= 0.6 is 11.6 Å². The van der Waals surface area contributed by atoms with E-state index in [0.717, 1.165) is 18.4 Å². The highest BCUT2D eigenvalue weighted by atomic mass is 35.5. The van der Waals surface area contributed by atoms with Gasteiger partial charge in [-0.1, -0.05) is 11.6 Å². The Morgan fingerprint density at radius 1 is 1.36 bits per heavy atom. The van der Waals surface area contributed by atoms with E-state index in [0.29, 0.717) is 24.0 Å². The first-order valence-electron chi connectivity index (χ1n) is 6.43. The number of anilines is 1. The number of aromatic nitrogens is 3. The van der Waals surface area contributed by atoms with Gasteiger partial charge in [-0.25, -0.2) is 4.98 Å². The van der Waals surface area contributed by atoms with Crippen LogP contribution in [0.25, 0.3) is 0 Å². The van der Waals surface area contributed by atoms with Crippen LogP contribution in [-0.2, 0) is 6.18 Å². The van der Waals surface area contributed by atoms with E-state index in [-0.39, 0.29) is 10.7 Å². The van der Waals surface area contributed by atoms with Crippen LogP contribution in [0.5, 0.6) is 0 Å². The van der Waals surface area contributed by atoms with Crippen molar-refractivity contribution in [3.05, 3.63) is 40.3 Å². The fraction of sp³-hybridized carbons (Fsp3) is 0.308. The molecule has 1 saturated carbocycles. The zero-order chi connectivity index (χ0) is 15.9. The third kappa shape index (κ3) is 2.92. The van der Waals surface area contributed by atoms with Crippen LogP contribution in [0.4, 0.5) is 19.0 Å². The molecule has 116 valence electrons. The molecule has 2 N–H and O–H groups in total. The zero-order valence-electron chi connectivity index (χ0n) is 11.0. The van der Waals surface area contributed by atoms with Crippen molar-refractivity contribution in [1.29, 1.82) is 0 Å². The Bertz CT molecular complexity index is 724. The molecule has 0 radical (unpaired) electrons. The molecule has 1 aliphatic rings. The maximum Gasteiger partial charge on any atom is 0.417 e. The summed E-state index contributed by atoms with van der Waals surface area (Å²) in [7, 11) is 0. The number of amides is 1. The number of pyridine rings is 1. The van der Waals surface area contributed by atoms with Crippen LogP contribution in [0.1, 0.15) is 40.4 Å². The predicted molar refractivity (Wildman–Crippen MR) is 72.8 cm³/mol. The highest BCUT2D eigenvalue weighted by Crippen LogP contribution is 2.42. The molecule has 5 nitrogen and oxygen atoms in total. The minimum atomic E-state index is -4.56. The average Bonchev–Trinajstić information content (AvgIpc) is 3.18. The molecule has 0 atom stereocenters. The van der Waals surface area contributed by atoms with E-state index >= 15 is 0 Å². The number of aromatic amines is 1. The van der Waals surface area contributed by atoms with Gasteiger partial charge in [-0.2, -0.15) is 18.3 Å². The Labute approximate surface area is 127 Å². The van der Waals surface area contributed by atoms with Crippen molar-refractivity contribution in [2.24, 2.45) is 0 Å². The molecule has 0 unspecified atom stereocenters. The van der Waals surface area contributed by atoms with Crippen molar-refractivity contribution in [3.8, 4) is 0 Å². The highest BCUT2D eigenvalue weighted by Gasteiger charge is 2.32. The lowest BCUT2D eigenvalue weighted by Gasteiger charge is -2.09. The van der Waals surface area contributed by atoms with Crippen LogP contribution in [0.2, 0.25) is 5.02 Å². The lowest BCUT2D eigenvalue weighted by Crippen LogP contribution is -2.16. The summed E-state index contributed by atoms with van der Waals surface area (Å²) < 4.78 is 37.6. The van der Waals surface area contributed by atoms with Gasteiger partial charge < -0.3 is 5.32 Å². The molecule has 0 aromatic carbocycles. The van der Waals surface area contributed by atoms with E-state index in [1.165, 1.54) is 0 Å². The fourth-order valence-electron chi connectivity index (χ4n) is 2.03. The maximum atomic E-state index is 12.5. The third-order valence-corrected chi connectivity index (χ3v) is 3.60. The molecule has 1 amide bonds. The summed E-state index contributed by atoms with van der Waals surface area (Å²) in [4.78, 5) is 15.6. The minimum absolute atomic E-state index is 0.272. The quantitative estimate of drug-likeness (QED) is 0.903. The highest BCUT2D eigenvalue weighted by molar-refractivity contribution is 6.34. The second-order valence-electron chi connectivity index (χ2n) is 4.98. The Hall–Kier alpha value is -2.09. The number of H-pyrrole nitrogens is 1. The molecule has 22 heavy (non-hydrogen) atoms. The van der Waals surface area contributed by atoms with E-state index in [1.54, 1.807) is 6.20 Å². The first-order valence-corrected chi connectivity index (χ1v) is 6.81. The summed E-state index contributed by atoms with van der Waals surface area (Å²) in [6, 6.07) is 0.679. The van der Waals surface area contributed by atoms with Gasteiger partial charge in [0.25, 0.3) is 5.91 Å². The number of carbonyl (C=O) groups excluding carboxylic acids is 1. The number of nitrogens with one attached hydrogen (secondary N) is 2. The van der Waals surface area contributed by atoms with Crippen LogP contribution in [-0.4, -0.2) is 21.1 Å². The topological polar surface area (TPSA) is 70.7 Å². The number of hydrogen-bond donors (Lipinski definition) is 2. The second-order valence-corrected chi connectivity index (χ2v) is 5.39. The van der Waals surface area contributed by atoms with Crippen molar-refractivity contribution >= 4 is 23.3 Å². The fourth-order valence-corrected chi connectivity index (χ4v) is 2.28. The number of nitrogens with zero attached hydrogens (tertiary/aromatic N) is 2. The monoisotopic (exact) mass is 330 g/mol. The minimum Gasteiger partial charge on any atom is -0.305 e. The standard InChI is InChI=1S/C13H10ClF3N4O/c14-9-3-7(13(15,16)17)4-18-10(9)12(22)20-11-8(5-19-21-11)6-1-2-6/h3-6H,1-2H2,(H2,19,20,21,22). The first kappa shape index (κ1) is 14.8. The molecule has 2 aromatic heterocycles. The van der Waals surface area contributed by atoms with Gasteiger partial charge in [-0.05, 0) is 24.8 Å². The van der Waals surface area contributed by atoms with Gasteiger partial charge in [0, 0.05) is 11.8 Å². The molecule has 9 heteroatoms. The molecule has 0 aliphatic heterocycles. The molecular weight excluding hydrogens is 321 g/mol. The van der Waals surface area contributed by atoms with E-state index < -0.39 is 17.6 Å². The van der Waals surface area contributed by atoms with Gasteiger partial charge in [0.1, 0.15) is 11.5 Å². The molecule has 1 fully saturated rings. The van der Waals surface area contributed by atoms with Gasteiger partial charge in [0.15, 0.2) is 0 Å². The number of rotatable bonds is 3.